The molecule has 1 aliphatic carbocycles. The lowest BCUT2D eigenvalue weighted by Crippen LogP contribution is -2.30. The number of nitrogens with zero attached hydrogens (tertiary/aromatic N) is 4. The highest BCUT2D eigenvalue weighted by atomic mass is 16.3. The fourth-order valence-electron chi connectivity index (χ4n) is 4.31. The van der Waals surface area contributed by atoms with Crippen LogP contribution in [0.15, 0.2) is 35.8 Å². The normalized spacial score (nSPS) is 18.5. The summed E-state index contributed by atoms with van der Waals surface area (Å²) in [6.45, 7) is 7.30. The Morgan fingerprint density at radius 2 is 1.94 bits per heavy atom. The number of nitrogens with one attached hydrogen (secondary N) is 2. The van der Waals surface area contributed by atoms with Gasteiger partial charge in [-0.2, -0.15) is 10.0 Å². The second kappa shape index (κ2) is 9.46. The lowest BCUT2D eigenvalue weighted by atomic mass is 9.91. The number of carbonyl (C=O) groups excluding carboxylic acids is 1. The van der Waals surface area contributed by atoms with E-state index in [1.807, 2.05) is 17.7 Å². The summed E-state index contributed by atoms with van der Waals surface area (Å²) in [6.07, 6.45) is 6.60. The predicted octanol–water partition coefficient (Wildman–Crippen LogP) is 4.49. The van der Waals surface area contributed by atoms with Crippen molar-refractivity contribution in [2.75, 3.05) is 5.32 Å². The summed E-state index contributed by atoms with van der Waals surface area (Å²) >= 11 is 0. The molecule has 3 aromatic rings. The number of hydrogen-bond acceptors (Lipinski definition) is 6. The third-order valence-electron chi connectivity index (χ3n) is 6.43. The zero-order chi connectivity index (χ0) is 22.7. The van der Waals surface area contributed by atoms with Crippen molar-refractivity contribution < 1.29 is 4.79 Å². The van der Waals surface area contributed by atoms with Crippen LogP contribution in [0.25, 0.3) is 11.0 Å². The van der Waals surface area contributed by atoms with Crippen LogP contribution in [0.2, 0.25) is 0 Å². The van der Waals surface area contributed by atoms with Crippen molar-refractivity contribution >= 4 is 22.6 Å². The molecule has 1 saturated carbocycles. The minimum atomic E-state index is -0.173. The molecule has 1 fully saturated rings. The maximum absolute atomic E-state index is 13.2. The zero-order valence-electron chi connectivity index (χ0n) is 18.9. The molecule has 2 heterocycles. The van der Waals surface area contributed by atoms with Crippen molar-refractivity contribution in [2.24, 2.45) is 5.18 Å². The maximum atomic E-state index is 13.2. The number of amides is 1. The van der Waals surface area contributed by atoms with E-state index < -0.39 is 0 Å². The van der Waals surface area contributed by atoms with Gasteiger partial charge in [-0.1, -0.05) is 23.4 Å². The van der Waals surface area contributed by atoms with Crippen LogP contribution in [0.1, 0.15) is 59.7 Å². The standard InChI is InChI=1S/C24H30N6O2/c1-4-30-23-20(14-27-30)22(28-18-7-9-19(29-32)10-8-18)21(13-25-23)24(31)26-12-17-6-5-15(2)16(3)11-17/h5-6,11,13-14,18-19H,4,7-10,12H2,1-3H3,(H,25,28)(H,26,31). The van der Waals surface area contributed by atoms with E-state index in [2.05, 4.69) is 51.9 Å². The molecule has 1 aliphatic rings. The third-order valence-corrected chi connectivity index (χ3v) is 6.43. The van der Waals surface area contributed by atoms with Gasteiger partial charge in [-0.05, 0) is 63.1 Å². The van der Waals surface area contributed by atoms with Crippen molar-refractivity contribution in [3.05, 3.63) is 57.8 Å². The first-order chi connectivity index (χ1) is 15.5. The zero-order valence-corrected chi connectivity index (χ0v) is 18.9. The third kappa shape index (κ3) is 4.49. The van der Waals surface area contributed by atoms with E-state index in [1.165, 1.54) is 11.1 Å². The summed E-state index contributed by atoms with van der Waals surface area (Å²) in [5.41, 5.74) is 5.51. The summed E-state index contributed by atoms with van der Waals surface area (Å²) in [4.78, 5) is 28.6. The van der Waals surface area contributed by atoms with Gasteiger partial charge < -0.3 is 10.6 Å². The molecule has 1 aromatic carbocycles. The number of carbonyl (C=O) groups is 1. The molecule has 4 rings (SSSR count). The molecule has 0 aliphatic heterocycles. The Morgan fingerprint density at radius 3 is 2.62 bits per heavy atom. The van der Waals surface area contributed by atoms with Gasteiger partial charge in [0.05, 0.1) is 28.9 Å². The summed E-state index contributed by atoms with van der Waals surface area (Å²) in [6, 6.07) is 6.28. The summed E-state index contributed by atoms with van der Waals surface area (Å²) in [5.74, 6) is -0.173. The fraction of sp³-hybridized carbons (Fsp3) is 0.458. The first-order valence-electron chi connectivity index (χ1n) is 11.3. The van der Waals surface area contributed by atoms with Crippen molar-refractivity contribution in [2.45, 2.75) is 71.6 Å². The van der Waals surface area contributed by atoms with Gasteiger partial charge in [-0.15, -0.1) is 0 Å². The number of pyridine rings is 1. The molecule has 8 nitrogen and oxygen atoms in total. The molecule has 0 atom stereocenters. The van der Waals surface area contributed by atoms with E-state index in [0.717, 1.165) is 48.0 Å². The summed E-state index contributed by atoms with van der Waals surface area (Å²) in [7, 11) is 0. The first-order valence-corrected chi connectivity index (χ1v) is 11.3. The Bertz CT molecular complexity index is 1130. The van der Waals surface area contributed by atoms with E-state index >= 15 is 0 Å². The topological polar surface area (TPSA) is 101 Å². The van der Waals surface area contributed by atoms with Gasteiger partial charge >= 0.3 is 0 Å². The van der Waals surface area contributed by atoms with Crippen molar-refractivity contribution in [1.29, 1.82) is 0 Å². The minimum absolute atomic E-state index is 0.103. The molecule has 8 heteroatoms. The van der Waals surface area contributed by atoms with Crippen LogP contribution in [-0.2, 0) is 13.1 Å². The first kappa shape index (κ1) is 21.9. The number of aryl methyl sites for hydroxylation is 3. The van der Waals surface area contributed by atoms with E-state index in [4.69, 9.17) is 0 Å². The number of rotatable bonds is 7. The Kier molecular flexibility index (Phi) is 6.48. The number of anilines is 1. The molecule has 2 aromatic heterocycles. The average Bonchev–Trinajstić information content (AvgIpc) is 3.24. The fourth-order valence-corrected chi connectivity index (χ4v) is 4.31. The number of nitroso groups, excluding NO2 is 1. The van der Waals surface area contributed by atoms with E-state index in [-0.39, 0.29) is 18.0 Å². The summed E-state index contributed by atoms with van der Waals surface area (Å²) < 4.78 is 1.82. The Hall–Kier alpha value is -3.29. The van der Waals surface area contributed by atoms with Gasteiger partial charge in [0.2, 0.25) is 0 Å². The monoisotopic (exact) mass is 434 g/mol. The molecular formula is C24H30N6O2. The highest BCUT2D eigenvalue weighted by molar-refractivity contribution is 6.06. The van der Waals surface area contributed by atoms with Crippen LogP contribution in [0.4, 0.5) is 5.69 Å². The van der Waals surface area contributed by atoms with Crippen molar-refractivity contribution in [1.82, 2.24) is 20.1 Å². The average molecular weight is 435 g/mol. The second-order valence-corrected chi connectivity index (χ2v) is 8.60. The molecule has 0 bridgehead atoms. The van der Waals surface area contributed by atoms with Gasteiger partial charge in [0.25, 0.3) is 5.91 Å². The van der Waals surface area contributed by atoms with Gasteiger partial charge in [0, 0.05) is 25.3 Å². The molecule has 1 amide bonds. The van der Waals surface area contributed by atoms with Crippen LogP contribution >= 0.6 is 0 Å². The van der Waals surface area contributed by atoms with Crippen molar-refractivity contribution in [3.63, 3.8) is 0 Å². The lowest BCUT2D eigenvalue weighted by Gasteiger charge is -2.27. The molecule has 2 N–H and O–H groups in total. The van der Waals surface area contributed by atoms with Gasteiger partial charge in [-0.25, -0.2) is 9.67 Å². The van der Waals surface area contributed by atoms with Crippen LogP contribution in [0, 0.1) is 18.8 Å². The lowest BCUT2D eigenvalue weighted by molar-refractivity contribution is 0.0951. The van der Waals surface area contributed by atoms with Crippen LogP contribution < -0.4 is 10.6 Å². The molecule has 0 unspecified atom stereocenters. The Balaban J connectivity index is 1.59. The Morgan fingerprint density at radius 1 is 1.16 bits per heavy atom. The molecule has 0 radical (unpaired) electrons. The van der Waals surface area contributed by atoms with Gasteiger partial charge in [0.15, 0.2) is 5.65 Å². The van der Waals surface area contributed by atoms with Crippen LogP contribution in [-0.4, -0.2) is 32.8 Å². The molecule has 32 heavy (non-hydrogen) atoms. The number of benzene rings is 1. The molecule has 0 spiro atoms. The molecule has 0 saturated heterocycles. The number of fused-ring (bicyclic) bond motifs is 1. The molecule has 168 valence electrons. The smallest absolute Gasteiger partial charge is 0.255 e. The highest BCUT2D eigenvalue weighted by Crippen LogP contribution is 2.30. The largest absolute Gasteiger partial charge is 0.381 e. The van der Waals surface area contributed by atoms with Gasteiger partial charge in [-0.3, -0.25) is 4.79 Å². The van der Waals surface area contributed by atoms with E-state index in [0.29, 0.717) is 18.7 Å². The Labute approximate surface area is 187 Å². The highest BCUT2D eigenvalue weighted by Gasteiger charge is 2.25. The number of aromatic nitrogens is 3. The predicted molar refractivity (Wildman–Crippen MR) is 126 cm³/mol. The number of hydrogen-bond donors (Lipinski definition) is 2. The maximum Gasteiger partial charge on any atom is 0.255 e. The quantitative estimate of drug-likeness (QED) is 0.534. The van der Waals surface area contributed by atoms with Gasteiger partial charge in [0.1, 0.15) is 0 Å². The van der Waals surface area contributed by atoms with E-state index in [1.54, 1.807) is 12.4 Å². The minimum Gasteiger partial charge on any atom is -0.381 e. The SMILES string of the molecule is CCn1ncc2c(NC3CCC(N=O)CC3)c(C(=O)NCc3ccc(C)c(C)c3)cnc21. The van der Waals surface area contributed by atoms with E-state index in [9.17, 15) is 9.70 Å². The molecular weight excluding hydrogens is 404 g/mol. The summed E-state index contributed by atoms with van der Waals surface area (Å²) in [5, 5.41) is 15.1. The van der Waals surface area contributed by atoms with Crippen molar-refractivity contribution in [3.8, 4) is 0 Å². The second-order valence-electron chi connectivity index (χ2n) is 8.60. The van der Waals surface area contributed by atoms with Crippen LogP contribution in [0.5, 0.6) is 0 Å². The van der Waals surface area contributed by atoms with Crippen LogP contribution in [0.3, 0.4) is 0 Å².